The first-order chi connectivity index (χ1) is 7.81. The summed E-state index contributed by atoms with van der Waals surface area (Å²) in [5, 5.41) is 0. The summed E-state index contributed by atoms with van der Waals surface area (Å²) >= 11 is 0. The molecular weight excluding hydrogens is 216 g/mol. The van der Waals surface area contributed by atoms with E-state index >= 15 is 0 Å². The average Bonchev–Trinajstić information content (AvgIpc) is 2.25. The normalized spacial score (nSPS) is 18.8. The number of ketones is 1. The van der Waals surface area contributed by atoms with E-state index < -0.39 is 0 Å². The number of Topliss-reactive ketones (excluding diaryl/α,β-unsaturated/α-hetero) is 1. The summed E-state index contributed by atoms with van der Waals surface area (Å²) in [4.78, 5) is 23.9. The number of allylic oxidation sites excluding steroid dienone is 2. The quantitative estimate of drug-likeness (QED) is 0.559. The average molecular weight is 236 g/mol. The fourth-order valence-corrected chi connectivity index (χ4v) is 2.35. The lowest BCUT2D eigenvalue weighted by Gasteiger charge is -2.33. The number of hydrogen-bond donors (Lipinski definition) is 0. The van der Waals surface area contributed by atoms with Gasteiger partial charge in [-0.05, 0) is 37.2 Å². The van der Waals surface area contributed by atoms with E-state index in [1.54, 1.807) is 6.92 Å². The van der Waals surface area contributed by atoms with Crippen LogP contribution in [0.5, 0.6) is 0 Å². The molecular formula is C14H20O3. The van der Waals surface area contributed by atoms with Gasteiger partial charge >= 0.3 is 5.97 Å². The Bertz CT molecular complexity index is 400. The predicted molar refractivity (Wildman–Crippen MR) is 66.5 cm³/mol. The summed E-state index contributed by atoms with van der Waals surface area (Å²) in [6.45, 7) is 9.34. The van der Waals surface area contributed by atoms with Crippen molar-refractivity contribution in [1.82, 2.24) is 0 Å². The number of hydrogen-bond acceptors (Lipinski definition) is 3. The molecule has 0 aliphatic heterocycles. The largest absolute Gasteiger partial charge is 0.466 e. The molecule has 0 saturated carbocycles. The summed E-state index contributed by atoms with van der Waals surface area (Å²) < 4.78 is 4.76. The number of esters is 1. The minimum absolute atomic E-state index is 0.116. The first-order valence-corrected chi connectivity index (χ1v) is 5.83. The lowest BCUT2D eigenvalue weighted by Crippen LogP contribution is -2.29. The first kappa shape index (κ1) is 13.7. The highest BCUT2D eigenvalue weighted by Crippen LogP contribution is 2.41. The smallest absolute Gasteiger partial charge is 0.334 e. The fourth-order valence-electron chi connectivity index (χ4n) is 2.35. The molecule has 1 aliphatic rings. The highest BCUT2D eigenvalue weighted by atomic mass is 16.5. The minimum Gasteiger partial charge on any atom is -0.466 e. The third kappa shape index (κ3) is 2.65. The molecule has 0 atom stereocenters. The van der Waals surface area contributed by atoms with E-state index in [0.717, 1.165) is 12.8 Å². The monoisotopic (exact) mass is 236 g/mol. The van der Waals surface area contributed by atoms with Crippen LogP contribution in [0.1, 0.15) is 40.0 Å². The maximum absolute atomic E-state index is 12.2. The minimum atomic E-state index is -0.387. The molecule has 0 N–H and O–H groups in total. The molecule has 0 aromatic heterocycles. The molecule has 0 aromatic rings. The summed E-state index contributed by atoms with van der Waals surface area (Å²) in [6, 6.07) is 0. The van der Waals surface area contributed by atoms with Crippen LogP contribution in [0.4, 0.5) is 0 Å². The molecule has 0 aromatic carbocycles. The van der Waals surface area contributed by atoms with Crippen molar-refractivity contribution in [2.45, 2.75) is 40.0 Å². The summed E-state index contributed by atoms with van der Waals surface area (Å²) in [6.07, 6.45) is 2.43. The van der Waals surface area contributed by atoms with Gasteiger partial charge in [-0.3, -0.25) is 4.79 Å². The van der Waals surface area contributed by atoms with Gasteiger partial charge in [0.05, 0.1) is 7.11 Å². The summed E-state index contributed by atoms with van der Waals surface area (Å²) in [5.74, 6) is -0.502. The molecule has 0 bridgehead atoms. The Morgan fingerprint density at radius 3 is 2.41 bits per heavy atom. The lowest BCUT2D eigenvalue weighted by molar-refractivity contribution is -0.137. The van der Waals surface area contributed by atoms with E-state index in [4.69, 9.17) is 4.74 Å². The van der Waals surface area contributed by atoms with Crippen LogP contribution >= 0.6 is 0 Å². The molecule has 94 valence electrons. The van der Waals surface area contributed by atoms with E-state index in [9.17, 15) is 9.59 Å². The van der Waals surface area contributed by atoms with E-state index in [0.29, 0.717) is 23.1 Å². The highest BCUT2D eigenvalue weighted by Gasteiger charge is 2.36. The van der Waals surface area contributed by atoms with Crippen molar-refractivity contribution in [1.29, 1.82) is 0 Å². The number of ether oxygens (including phenoxy) is 1. The van der Waals surface area contributed by atoms with Crippen LogP contribution in [0.25, 0.3) is 0 Å². The van der Waals surface area contributed by atoms with E-state index in [1.165, 1.54) is 7.11 Å². The molecule has 0 amide bonds. The Kier molecular flexibility index (Phi) is 3.91. The van der Waals surface area contributed by atoms with Gasteiger partial charge in [-0.15, -0.1) is 0 Å². The van der Waals surface area contributed by atoms with Crippen molar-refractivity contribution in [3.05, 3.63) is 23.3 Å². The van der Waals surface area contributed by atoms with Crippen molar-refractivity contribution in [2.24, 2.45) is 5.41 Å². The Balaban J connectivity index is 3.35. The van der Waals surface area contributed by atoms with Crippen molar-refractivity contribution in [3.63, 3.8) is 0 Å². The van der Waals surface area contributed by atoms with Crippen LogP contribution in [0, 0.1) is 5.41 Å². The Labute approximate surface area is 103 Å². The number of carbonyl (C=O) groups excluding carboxylic acids is 2. The summed E-state index contributed by atoms with van der Waals surface area (Å²) in [5.41, 5.74) is 1.30. The second-order valence-corrected chi connectivity index (χ2v) is 5.19. The van der Waals surface area contributed by atoms with Gasteiger partial charge in [0.1, 0.15) is 0 Å². The van der Waals surface area contributed by atoms with Gasteiger partial charge in [-0.2, -0.15) is 0 Å². The highest BCUT2D eigenvalue weighted by molar-refractivity contribution is 6.12. The van der Waals surface area contributed by atoms with Gasteiger partial charge in [0.25, 0.3) is 0 Å². The maximum Gasteiger partial charge on any atom is 0.334 e. The van der Waals surface area contributed by atoms with Crippen molar-refractivity contribution in [2.75, 3.05) is 7.11 Å². The molecule has 0 fully saturated rings. The third-order valence-electron chi connectivity index (χ3n) is 3.25. The van der Waals surface area contributed by atoms with E-state index in [-0.39, 0.29) is 17.2 Å². The van der Waals surface area contributed by atoms with Crippen molar-refractivity contribution < 1.29 is 14.3 Å². The van der Waals surface area contributed by atoms with Crippen LogP contribution < -0.4 is 0 Å². The Hall–Kier alpha value is -1.38. The van der Waals surface area contributed by atoms with Crippen molar-refractivity contribution in [3.8, 4) is 0 Å². The molecule has 1 rings (SSSR count). The maximum atomic E-state index is 12.2. The first-order valence-electron chi connectivity index (χ1n) is 5.83. The molecule has 1 aliphatic carbocycles. The van der Waals surface area contributed by atoms with Crippen LogP contribution in [-0.4, -0.2) is 18.9 Å². The molecule has 0 unspecified atom stereocenters. The molecule has 0 heterocycles. The lowest BCUT2D eigenvalue weighted by atomic mass is 9.70. The standard InChI is InChI=1S/C14H20O3/c1-9(2)12(15)11-10(13(16)17-5)7-6-8-14(11,3)4/h1,6-8H2,2-5H3. The molecule has 0 spiro atoms. The molecule has 0 saturated heterocycles. The third-order valence-corrected chi connectivity index (χ3v) is 3.25. The Morgan fingerprint density at radius 1 is 1.35 bits per heavy atom. The zero-order valence-electron chi connectivity index (χ0n) is 11.1. The van der Waals surface area contributed by atoms with Gasteiger partial charge in [0, 0.05) is 11.1 Å². The molecule has 3 nitrogen and oxygen atoms in total. The fraction of sp³-hybridized carbons (Fsp3) is 0.571. The van der Waals surface area contributed by atoms with Crippen LogP contribution in [0.15, 0.2) is 23.3 Å². The van der Waals surface area contributed by atoms with Crippen LogP contribution in [-0.2, 0) is 14.3 Å². The molecule has 0 radical (unpaired) electrons. The zero-order chi connectivity index (χ0) is 13.2. The number of rotatable bonds is 3. The molecule has 3 heteroatoms. The Morgan fingerprint density at radius 2 is 1.94 bits per heavy atom. The van der Waals surface area contributed by atoms with Gasteiger partial charge in [0.15, 0.2) is 5.78 Å². The number of methoxy groups -OCH3 is 1. The zero-order valence-corrected chi connectivity index (χ0v) is 11.1. The second kappa shape index (κ2) is 4.86. The number of carbonyl (C=O) groups is 2. The summed E-state index contributed by atoms with van der Waals surface area (Å²) in [7, 11) is 1.35. The van der Waals surface area contributed by atoms with Crippen LogP contribution in [0.2, 0.25) is 0 Å². The van der Waals surface area contributed by atoms with Gasteiger partial charge < -0.3 is 4.74 Å². The van der Waals surface area contributed by atoms with E-state index in [1.807, 2.05) is 13.8 Å². The SMILES string of the molecule is C=C(C)C(=O)C1=C(C(=O)OC)CCCC1(C)C. The van der Waals surface area contributed by atoms with Gasteiger partial charge in [0.2, 0.25) is 0 Å². The van der Waals surface area contributed by atoms with Gasteiger partial charge in [-0.1, -0.05) is 20.4 Å². The topological polar surface area (TPSA) is 43.4 Å². The second-order valence-electron chi connectivity index (χ2n) is 5.19. The molecule has 17 heavy (non-hydrogen) atoms. The predicted octanol–water partition coefficient (Wildman–Crippen LogP) is 2.81. The van der Waals surface area contributed by atoms with E-state index in [2.05, 4.69) is 6.58 Å². The van der Waals surface area contributed by atoms with Gasteiger partial charge in [-0.25, -0.2) is 4.79 Å². The van der Waals surface area contributed by atoms with Crippen molar-refractivity contribution >= 4 is 11.8 Å². The van der Waals surface area contributed by atoms with Crippen LogP contribution in [0.3, 0.4) is 0 Å².